The van der Waals surface area contributed by atoms with Gasteiger partial charge >= 0.3 is 0 Å². The van der Waals surface area contributed by atoms with Crippen molar-refractivity contribution in [3.05, 3.63) is 0 Å². The zero-order valence-corrected chi connectivity index (χ0v) is 6.84. The van der Waals surface area contributed by atoms with E-state index >= 15 is 0 Å². The average Bonchev–Trinajstić information content (AvgIpc) is 2.52. The molecule has 1 N–H and O–H groups in total. The van der Waals surface area contributed by atoms with E-state index in [1.165, 1.54) is 6.42 Å². The van der Waals surface area contributed by atoms with E-state index in [1.54, 1.807) is 6.92 Å². The van der Waals surface area contributed by atoms with Crippen molar-refractivity contribution in [2.45, 2.75) is 19.4 Å². The van der Waals surface area contributed by atoms with Crippen LogP contribution in [-0.2, 0) is 4.74 Å². The SMILES string of the molecule is CC(C#N)OCC1CCNC1. The molecule has 2 unspecified atom stereocenters. The fourth-order valence-electron chi connectivity index (χ4n) is 1.17. The molecule has 1 saturated heterocycles. The standard InChI is InChI=1S/C8H14N2O/c1-7(4-9)11-6-8-2-3-10-5-8/h7-8,10H,2-3,5-6H2,1H3. The van der Waals surface area contributed by atoms with Crippen LogP contribution in [0.1, 0.15) is 13.3 Å². The lowest BCUT2D eigenvalue weighted by atomic mass is 10.1. The van der Waals surface area contributed by atoms with E-state index in [0.717, 1.165) is 19.7 Å². The van der Waals surface area contributed by atoms with Crippen LogP contribution in [-0.4, -0.2) is 25.8 Å². The maximum atomic E-state index is 8.42. The van der Waals surface area contributed by atoms with Gasteiger partial charge in [0.25, 0.3) is 0 Å². The molecular weight excluding hydrogens is 140 g/mol. The van der Waals surface area contributed by atoms with Crippen molar-refractivity contribution >= 4 is 0 Å². The summed E-state index contributed by atoms with van der Waals surface area (Å²) in [5, 5.41) is 11.7. The van der Waals surface area contributed by atoms with Gasteiger partial charge in [0.1, 0.15) is 6.10 Å². The molecular formula is C8H14N2O. The molecule has 0 aromatic heterocycles. The van der Waals surface area contributed by atoms with Crippen molar-refractivity contribution < 1.29 is 4.74 Å². The first-order valence-electron chi connectivity index (χ1n) is 4.05. The minimum absolute atomic E-state index is 0.254. The number of ether oxygens (including phenoxy) is 1. The highest BCUT2D eigenvalue weighted by molar-refractivity contribution is 4.80. The van der Waals surface area contributed by atoms with Crippen molar-refractivity contribution in [2.75, 3.05) is 19.7 Å². The highest BCUT2D eigenvalue weighted by Crippen LogP contribution is 2.08. The zero-order chi connectivity index (χ0) is 8.10. The molecule has 3 heteroatoms. The van der Waals surface area contributed by atoms with Gasteiger partial charge in [0.15, 0.2) is 0 Å². The third kappa shape index (κ3) is 2.87. The summed E-state index contributed by atoms with van der Waals surface area (Å²) in [5.74, 6) is 0.616. The van der Waals surface area contributed by atoms with Gasteiger partial charge in [0.05, 0.1) is 12.7 Å². The zero-order valence-electron chi connectivity index (χ0n) is 6.84. The number of nitrogens with one attached hydrogen (secondary N) is 1. The van der Waals surface area contributed by atoms with E-state index in [0.29, 0.717) is 5.92 Å². The molecule has 1 fully saturated rings. The summed E-state index contributed by atoms with van der Waals surface area (Å²) in [7, 11) is 0. The van der Waals surface area contributed by atoms with Gasteiger partial charge < -0.3 is 10.1 Å². The molecule has 1 rings (SSSR count). The lowest BCUT2D eigenvalue weighted by Gasteiger charge is -2.09. The van der Waals surface area contributed by atoms with Crippen LogP contribution >= 0.6 is 0 Å². The number of hydrogen-bond donors (Lipinski definition) is 1. The van der Waals surface area contributed by atoms with Crippen LogP contribution in [0.15, 0.2) is 0 Å². The first-order valence-corrected chi connectivity index (χ1v) is 4.05. The Hall–Kier alpha value is -0.590. The smallest absolute Gasteiger partial charge is 0.141 e. The van der Waals surface area contributed by atoms with E-state index in [9.17, 15) is 0 Å². The molecule has 0 spiro atoms. The third-order valence-electron chi connectivity index (χ3n) is 1.93. The number of rotatable bonds is 3. The molecule has 1 aliphatic heterocycles. The normalized spacial score (nSPS) is 26.4. The van der Waals surface area contributed by atoms with Crippen molar-refractivity contribution in [3.8, 4) is 6.07 Å². The quantitative estimate of drug-likeness (QED) is 0.644. The van der Waals surface area contributed by atoms with Crippen molar-refractivity contribution in [2.24, 2.45) is 5.92 Å². The van der Waals surface area contributed by atoms with E-state index in [1.807, 2.05) is 6.07 Å². The Morgan fingerprint density at radius 3 is 3.18 bits per heavy atom. The van der Waals surface area contributed by atoms with Crippen LogP contribution in [0, 0.1) is 17.2 Å². The Kier molecular flexibility index (Phi) is 3.34. The molecule has 0 aromatic carbocycles. The molecule has 2 atom stereocenters. The third-order valence-corrected chi connectivity index (χ3v) is 1.93. The topological polar surface area (TPSA) is 45.0 Å². The molecule has 62 valence electrons. The fraction of sp³-hybridized carbons (Fsp3) is 0.875. The first-order chi connectivity index (χ1) is 5.33. The maximum Gasteiger partial charge on any atom is 0.141 e. The maximum absolute atomic E-state index is 8.42. The Bertz CT molecular complexity index is 147. The van der Waals surface area contributed by atoms with Crippen LogP contribution < -0.4 is 5.32 Å². The Labute approximate surface area is 67.3 Å². The fourth-order valence-corrected chi connectivity index (χ4v) is 1.17. The Morgan fingerprint density at radius 1 is 1.82 bits per heavy atom. The molecule has 0 bridgehead atoms. The molecule has 0 saturated carbocycles. The number of nitriles is 1. The van der Waals surface area contributed by atoms with E-state index in [2.05, 4.69) is 5.32 Å². The second kappa shape index (κ2) is 4.32. The number of hydrogen-bond acceptors (Lipinski definition) is 3. The molecule has 0 aliphatic carbocycles. The van der Waals surface area contributed by atoms with E-state index in [4.69, 9.17) is 10.00 Å². The summed E-state index contributed by atoms with van der Waals surface area (Å²) in [4.78, 5) is 0. The van der Waals surface area contributed by atoms with Gasteiger partial charge in [-0.1, -0.05) is 0 Å². The predicted octanol–water partition coefficient (Wildman–Crippen LogP) is 0.525. The van der Waals surface area contributed by atoms with Crippen molar-refractivity contribution in [1.29, 1.82) is 5.26 Å². The van der Waals surface area contributed by atoms with Gasteiger partial charge in [-0.2, -0.15) is 5.26 Å². The predicted molar refractivity (Wildman–Crippen MR) is 42.0 cm³/mol. The minimum atomic E-state index is -0.254. The second-order valence-electron chi connectivity index (χ2n) is 2.96. The summed E-state index contributed by atoms with van der Waals surface area (Å²) in [6.07, 6.45) is 0.925. The number of nitrogens with zero attached hydrogens (tertiary/aromatic N) is 1. The average molecular weight is 154 g/mol. The van der Waals surface area contributed by atoms with Gasteiger partial charge in [-0.05, 0) is 25.8 Å². The minimum Gasteiger partial charge on any atom is -0.363 e. The molecule has 11 heavy (non-hydrogen) atoms. The van der Waals surface area contributed by atoms with Crippen LogP contribution in [0.2, 0.25) is 0 Å². The van der Waals surface area contributed by atoms with Crippen LogP contribution in [0.4, 0.5) is 0 Å². The van der Waals surface area contributed by atoms with Crippen molar-refractivity contribution in [3.63, 3.8) is 0 Å². The molecule has 0 aromatic rings. The van der Waals surface area contributed by atoms with Gasteiger partial charge in [0.2, 0.25) is 0 Å². The highest BCUT2D eigenvalue weighted by Gasteiger charge is 2.15. The van der Waals surface area contributed by atoms with Crippen LogP contribution in [0.3, 0.4) is 0 Å². The highest BCUT2D eigenvalue weighted by atomic mass is 16.5. The van der Waals surface area contributed by atoms with Crippen LogP contribution in [0.5, 0.6) is 0 Å². The second-order valence-corrected chi connectivity index (χ2v) is 2.96. The lowest BCUT2D eigenvalue weighted by molar-refractivity contribution is 0.0764. The molecule has 1 heterocycles. The summed E-state index contributed by atoms with van der Waals surface area (Å²) in [6.45, 7) is 4.64. The van der Waals surface area contributed by atoms with E-state index < -0.39 is 0 Å². The van der Waals surface area contributed by atoms with Crippen molar-refractivity contribution in [1.82, 2.24) is 5.32 Å². The van der Waals surface area contributed by atoms with Gasteiger partial charge in [-0.3, -0.25) is 0 Å². The first kappa shape index (κ1) is 8.51. The molecule has 1 aliphatic rings. The van der Waals surface area contributed by atoms with E-state index in [-0.39, 0.29) is 6.10 Å². The summed E-state index contributed by atoms with van der Waals surface area (Å²) >= 11 is 0. The Balaban J connectivity index is 2.07. The van der Waals surface area contributed by atoms with Gasteiger partial charge in [-0.15, -0.1) is 0 Å². The van der Waals surface area contributed by atoms with Gasteiger partial charge in [0, 0.05) is 6.54 Å². The molecule has 0 radical (unpaired) electrons. The Morgan fingerprint density at radius 2 is 2.64 bits per heavy atom. The molecule has 3 nitrogen and oxygen atoms in total. The summed E-state index contributed by atoms with van der Waals surface area (Å²) < 4.78 is 5.27. The summed E-state index contributed by atoms with van der Waals surface area (Å²) in [6, 6.07) is 2.05. The molecule has 0 amide bonds. The summed E-state index contributed by atoms with van der Waals surface area (Å²) in [5.41, 5.74) is 0. The van der Waals surface area contributed by atoms with Gasteiger partial charge in [-0.25, -0.2) is 0 Å². The lowest BCUT2D eigenvalue weighted by Crippen LogP contribution is -2.17. The van der Waals surface area contributed by atoms with Crippen LogP contribution in [0.25, 0.3) is 0 Å². The monoisotopic (exact) mass is 154 g/mol. The largest absolute Gasteiger partial charge is 0.363 e.